The molecule has 3 rings (SSSR count). The molecular weight excluding hydrogens is 318 g/mol. The van der Waals surface area contributed by atoms with E-state index in [-0.39, 0.29) is 25.0 Å². The lowest BCUT2D eigenvalue weighted by Gasteiger charge is -2.38. The van der Waals surface area contributed by atoms with Gasteiger partial charge in [0.05, 0.1) is 18.7 Å². The minimum atomic E-state index is 0.0737. The summed E-state index contributed by atoms with van der Waals surface area (Å²) in [5, 5.41) is 9.40. The summed E-state index contributed by atoms with van der Waals surface area (Å²) in [6, 6.07) is 9.86. The topological polar surface area (TPSA) is 69.8 Å². The van der Waals surface area contributed by atoms with Crippen molar-refractivity contribution in [2.24, 2.45) is 0 Å². The normalized spacial score (nSPS) is 16.8. The fourth-order valence-electron chi connectivity index (χ4n) is 3.21. The number of nitrogens with zero attached hydrogens (tertiary/aromatic N) is 3. The molecule has 6 heteroatoms. The van der Waals surface area contributed by atoms with Crippen LogP contribution < -0.4 is 0 Å². The fourth-order valence-corrected chi connectivity index (χ4v) is 3.21. The van der Waals surface area contributed by atoms with E-state index < -0.39 is 0 Å². The van der Waals surface area contributed by atoms with Crippen LogP contribution in [0.1, 0.15) is 19.0 Å². The third-order valence-corrected chi connectivity index (χ3v) is 4.77. The Kier molecular flexibility index (Phi) is 5.83. The number of benzene rings is 1. The van der Waals surface area contributed by atoms with Gasteiger partial charge < -0.3 is 14.4 Å². The molecule has 0 aliphatic carbocycles. The van der Waals surface area contributed by atoms with Gasteiger partial charge in [-0.15, -0.1) is 0 Å². The maximum atomic E-state index is 12.5. The number of aromatic nitrogens is 1. The van der Waals surface area contributed by atoms with Crippen LogP contribution in [0.25, 0.3) is 11.5 Å². The van der Waals surface area contributed by atoms with Crippen LogP contribution in [-0.4, -0.2) is 64.6 Å². The van der Waals surface area contributed by atoms with Gasteiger partial charge >= 0.3 is 0 Å². The first-order valence-electron chi connectivity index (χ1n) is 8.83. The predicted octanol–water partition coefficient (Wildman–Crippen LogP) is 1.80. The third-order valence-electron chi connectivity index (χ3n) is 4.77. The summed E-state index contributed by atoms with van der Waals surface area (Å²) in [6.45, 7) is 5.24. The minimum Gasteiger partial charge on any atom is -0.444 e. The van der Waals surface area contributed by atoms with E-state index in [9.17, 15) is 9.90 Å². The monoisotopic (exact) mass is 343 g/mol. The lowest BCUT2D eigenvalue weighted by Crippen LogP contribution is -2.53. The first-order valence-corrected chi connectivity index (χ1v) is 8.83. The van der Waals surface area contributed by atoms with E-state index >= 15 is 0 Å². The Morgan fingerprint density at radius 2 is 1.96 bits per heavy atom. The van der Waals surface area contributed by atoms with Crippen LogP contribution in [0.2, 0.25) is 0 Å². The van der Waals surface area contributed by atoms with Gasteiger partial charge in [-0.1, -0.05) is 25.1 Å². The second kappa shape index (κ2) is 8.27. The van der Waals surface area contributed by atoms with Crippen molar-refractivity contribution in [1.29, 1.82) is 0 Å². The second-order valence-electron chi connectivity index (χ2n) is 6.35. The summed E-state index contributed by atoms with van der Waals surface area (Å²) in [7, 11) is 0. The Morgan fingerprint density at radius 1 is 1.24 bits per heavy atom. The molecule has 6 nitrogen and oxygen atoms in total. The van der Waals surface area contributed by atoms with Gasteiger partial charge in [0.1, 0.15) is 6.26 Å². The highest BCUT2D eigenvalue weighted by atomic mass is 16.3. The van der Waals surface area contributed by atoms with Gasteiger partial charge in [-0.3, -0.25) is 9.69 Å². The zero-order valence-corrected chi connectivity index (χ0v) is 14.6. The number of oxazole rings is 1. The Morgan fingerprint density at radius 3 is 2.60 bits per heavy atom. The SMILES string of the molecule is CCC(CO)N1CCN(C(=O)Cc2coc(-c3ccccc3)n2)CC1. The van der Waals surface area contributed by atoms with Gasteiger partial charge in [-0.2, -0.15) is 0 Å². The van der Waals surface area contributed by atoms with E-state index in [0.29, 0.717) is 24.7 Å². The van der Waals surface area contributed by atoms with Gasteiger partial charge in [0, 0.05) is 37.8 Å². The van der Waals surface area contributed by atoms with Crippen LogP contribution in [0.5, 0.6) is 0 Å². The fraction of sp³-hybridized carbons (Fsp3) is 0.474. The molecule has 2 aromatic rings. The van der Waals surface area contributed by atoms with E-state index in [1.165, 1.54) is 0 Å². The molecule has 1 amide bonds. The molecule has 1 aromatic carbocycles. The number of amides is 1. The predicted molar refractivity (Wildman–Crippen MR) is 95.0 cm³/mol. The van der Waals surface area contributed by atoms with E-state index in [4.69, 9.17) is 4.42 Å². The molecule has 0 saturated carbocycles. The molecule has 1 saturated heterocycles. The van der Waals surface area contributed by atoms with Gasteiger partial charge in [0.2, 0.25) is 11.8 Å². The van der Waals surface area contributed by atoms with Crippen molar-refractivity contribution in [2.75, 3.05) is 32.8 Å². The Labute approximate surface area is 148 Å². The first-order chi connectivity index (χ1) is 12.2. The molecule has 0 bridgehead atoms. The van der Waals surface area contributed by atoms with Gasteiger partial charge in [0.15, 0.2) is 0 Å². The number of carbonyl (C=O) groups is 1. The average Bonchev–Trinajstić information content (AvgIpc) is 3.12. The molecule has 134 valence electrons. The molecule has 1 aromatic heterocycles. The molecule has 1 aliphatic heterocycles. The summed E-state index contributed by atoms with van der Waals surface area (Å²) < 4.78 is 5.50. The molecule has 1 fully saturated rings. The van der Waals surface area contributed by atoms with Gasteiger partial charge in [-0.25, -0.2) is 4.98 Å². The number of piperazine rings is 1. The summed E-state index contributed by atoms with van der Waals surface area (Å²) in [4.78, 5) is 21.1. The maximum absolute atomic E-state index is 12.5. The van der Waals surface area contributed by atoms with Crippen molar-refractivity contribution in [3.63, 3.8) is 0 Å². The molecule has 1 unspecified atom stereocenters. The maximum Gasteiger partial charge on any atom is 0.228 e. The average molecular weight is 343 g/mol. The minimum absolute atomic E-state index is 0.0737. The van der Waals surface area contributed by atoms with E-state index in [0.717, 1.165) is 25.1 Å². The summed E-state index contributed by atoms with van der Waals surface area (Å²) in [5.41, 5.74) is 1.57. The van der Waals surface area contributed by atoms with E-state index in [1.807, 2.05) is 35.2 Å². The summed E-state index contributed by atoms with van der Waals surface area (Å²) in [5.74, 6) is 0.617. The first kappa shape index (κ1) is 17.6. The molecular formula is C19H25N3O3. The van der Waals surface area contributed by atoms with Crippen molar-refractivity contribution >= 4 is 5.91 Å². The molecule has 1 N–H and O–H groups in total. The van der Waals surface area contributed by atoms with E-state index in [2.05, 4.69) is 16.8 Å². The van der Waals surface area contributed by atoms with Crippen LogP contribution in [0, 0.1) is 0 Å². The molecule has 25 heavy (non-hydrogen) atoms. The third kappa shape index (κ3) is 4.27. The number of hydrogen-bond donors (Lipinski definition) is 1. The number of aliphatic hydroxyl groups is 1. The van der Waals surface area contributed by atoms with Gasteiger partial charge in [0.25, 0.3) is 0 Å². The largest absolute Gasteiger partial charge is 0.444 e. The summed E-state index contributed by atoms with van der Waals surface area (Å²) >= 11 is 0. The number of carbonyl (C=O) groups excluding carboxylic acids is 1. The van der Waals surface area contributed by atoms with E-state index in [1.54, 1.807) is 6.26 Å². The zero-order chi connectivity index (χ0) is 17.6. The van der Waals surface area contributed by atoms with Crippen molar-refractivity contribution < 1.29 is 14.3 Å². The van der Waals surface area contributed by atoms with Crippen LogP contribution in [0.4, 0.5) is 0 Å². The van der Waals surface area contributed by atoms with Gasteiger partial charge in [-0.05, 0) is 18.6 Å². The number of rotatable bonds is 6. The molecule has 2 heterocycles. The highest BCUT2D eigenvalue weighted by molar-refractivity contribution is 5.78. The van der Waals surface area contributed by atoms with Crippen molar-refractivity contribution in [1.82, 2.24) is 14.8 Å². The van der Waals surface area contributed by atoms with Crippen molar-refractivity contribution in [2.45, 2.75) is 25.8 Å². The molecule has 1 atom stereocenters. The number of aliphatic hydroxyl groups excluding tert-OH is 1. The quantitative estimate of drug-likeness (QED) is 0.866. The van der Waals surface area contributed by atoms with Crippen LogP contribution in [-0.2, 0) is 11.2 Å². The molecule has 0 radical (unpaired) electrons. The lowest BCUT2D eigenvalue weighted by atomic mass is 10.1. The number of hydrogen-bond acceptors (Lipinski definition) is 5. The Bertz CT molecular complexity index is 674. The van der Waals surface area contributed by atoms with Crippen molar-refractivity contribution in [3.8, 4) is 11.5 Å². The van der Waals surface area contributed by atoms with Crippen LogP contribution in [0.3, 0.4) is 0 Å². The Balaban J connectivity index is 1.54. The molecule has 1 aliphatic rings. The molecule has 0 spiro atoms. The standard InChI is InChI=1S/C19H25N3O3/c1-2-17(13-23)21-8-10-22(11-9-21)18(24)12-16-14-25-19(20-16)15-6-4-3-5-7-15/h3-7,14,17,23H,2,8-13H2,1H3. The highest BCUT2D eigenvalue weighted by Gasteiger charge is 2.25. The highest BCUT2D eigenvalue weighted by Crippen LogP contribution is 2.18. The van der Waals surface area contributed by atoms with Crippen molar-refractivity contribution in [3.05, 3.63) is 42.3 Å². The Hall–Kier alpha value is -2.18. The zero-order valence-electron chi connectivity index (χ0n) is 14.6. The van der Waals surface area contributed by atoms with Crippen LogP contribution in [0.15, 0.2) is 41.0 Å². The lowest BCUT2D eigenvalue weighted by molar-refractivity contribution is -0.132. The van der Waals surface area contributed by atoms with Crippen LogP contribution >= 0.6 is 0 Å². The smallest absolute Gasteiger partial charge is 0.228 e. The second-order valence-corrected chi connectivity index (χ2v) is 6.35. The summed E-state index contributed by atoms with van der Waals surface area (Å²) in [6.07, 6.45) is 2.74.